The Bertz CT molecular complexity index is 777. The van der Waals surface area contributed by atoms with Gasteiger partial charge in [0.25, 0.3) is 5.91 Å². The zero-order valence-corrected chi connectivity index (χ0v) is 18.3. The first kappa shape index (κ1) is 26.3. The number of alkyl halides is 3. The normalized spacial score (nSPS) is 15.4. The highest BCUT2D eigenvalue weighted by Gasteiger charge is 2.38. The van der Waals surface area contributed by atoms with Crippen molar-refractivity contribution in [2.75, 3.05) is 45.0 Å². The Hall–Kier alpha value is -1.70. The van der Waals surface area contributed by atoms with Crippen LogP contribution in [0, 0.1) is 5.92 Å². The smallest absolute Gasteiger partial charge is 0.475 e. The summed E-state index contributed by atoms with van der Waals surface area (Å²) in [5.74, 6) is -2.56. The number of halogens is 3. The van der Waals surface area contributed by atoms with Crippen molar-refractivity contribution in [1.82, 2.24) is 14.5 Å². The number of carboxylic acid groups (broad SMARTS) is 1. The number of aliphatic carboxylic acids is 1. The third kappa shape index (κ3) is 8.98. The zero-order chi connectivity index (χ0) is 22.9. The molecule has 2 N–H and O–H groups in total. The molecule has 2 heterocycles. The molecule has 8 nitrogen and oxygen atoms in total. The molecular formula is C17H26F3N3O5S2. The van der Waals surface area contributed by atoms with E-state index in [0.29, 0.717) is 43.5 Å². The van der Waals surface area contributed by atoms with E-state index < -0.39 is 22.2 Å². The summed E-state index contributed by atoms with van der Waals surface area (Å²) in [6, 6.07) is 3.62. The fourth-order valence-corrected chi connectivity index (χ4v) is 4.69. The Labute approximate surface area is 177 Å². The standard InChI is InChI=1S/C15H25N3O3S2.C2HF3O2/c1-13(2)12-17(15(19)14-4-3-10-22-14)9-11-23(20,21)18-7-5-16-6-8-18;3-2(4,5)1(6)7/h3-4,10,13,16H,5-9,11-12H2,1-2H3;(H,6,7). The Balaban J connectivity index is 0.000000553. The van der Waals surface area contributed by atoms with Crippen molar-refractivity contribution < 1.29 is 36.3 Å². The van der Waals surface area contributed by atoms with E-state index in [2.05, 4.69) is 5.32 Å². The van der Waals surface area contributed by atoms with Crippen LogP contribution >= 0.6 is 11.3 Å². The van der Waals surface area contributed by atoms with Gasteiger partial charge in [0, 0.05) is 39.3 Å². The molecule has 30 heavy (non-hydrogen) atoms. The molecule has 2 rings (SSSR count). The maximum atomic E-state index is 12.6. The lowest BCUT2D eigenvalue weighted by Crippen LogP contribution is -2.48. The van der Waals surface area contributed by atoms with E-state index in [0.717, 1.165) is 0 Å². The van der Waals surface area contributed by atoms with E-state index in [9.17, 15) is 26.4 Å². The molecule has 1 fully saturated rings. The molecule has 1 saturated heterocycles. The topological polar surface area (TPSA) is 107 Å². The van der Waals surface area contributed by atoms with Gasteiger partial charge in [-0.25, -0.2) is 13.2 Å². The molecule has 0 aromatic carbocycles. The number of piperazine rings is 1. The maximum Gasteiger partial charge on any atom is 0.490 e. The molecule has 0 unspecified atom stereocenters. The van der Waals surface area contributed by atoms with Crippen LogP contribution < -0.4 is 5.32 Å². The van der Waals surface area contributed by atoms with E-state index in [1.807, 2.05) is 25.3 Å². The van der Waals surface area contributed by atoms with Crippen LogP contribution in [-0.2, 0) is 14.8 Å². The monoisotopic (exact) mass is 473 g/mol. The molecular weight excluding hydrogens is 447 g/mol. The summed E-state index contributed by atoms with van der Waals surface area (Å²) in [6.07, 6.45) is -5.08. The van der Waals surface area contributed by atoms with Crippen molar-refractivity contribution in [3.05, 3.63) is 22.4 Å². The molecule has 13 heteroatoms. The van der Waals surface area contributed by atoms with Gasteiger partial charge in [-0.15, -0.1) is 11.3 Å². The van der Waals surface area contributed by atoms with Gasteiger partial charge < -0.3 is 15.3 Å². The summed E-state index contributed by atoms with van der Waals surface area (Å²) < 4.78 is 58.2. The number of hydrogen-bond donors (Lipinski definition) is 2. The van der Waals surface area contributed by atoms with Crippen molar-refractivity contribution in [3.63, 3.8) is 0 Å². The van der Waals surface area contributed by atoms with Gasteiger partial charge in [0.1, 0.15) is 0 Å². The lowest BCUT2D eigenvalue weighted by atomic mass is 10.2. The van der Waals surface area contributed by atoms with E-state index in [1.165, 1.54) is 15.6 Å². The molecule has 1 aromatic heterocycles. The number of nitrogens with one attached hydrogen (secondary N) is 1. The van der Waals surface area contributed by atoms with Gasteiger partial charge in [0.05, 0.1) is 10.6 Å². The number of thiophene rings is 1. The molecule has 0 saturated carbocycles. The molecule has 0 aliphatic carbocycles. The van der Waals surface area contributed by atoms with Crippen LogP contribution in [0.3, 0.4) is 0 Å². The van der Waals surface area contributed by atoms with E-state index in [1.54, 1.807) is 11.0 Å². The number of carbonyl (C=O) groups excluding carboxylic acids is 1. The number of amides is 1. The second kappa shape index (κ2) is 11.6. The molecule has 0 atom stereocenters. The minimum atomic E-state index is -5.08. The summed E-state index contributed by atoms with van der Waals surface area (Å²) in [4.78, 5) is 23.8. The fourth-order valence-electron chi connectivity index (χ4n) is 2.55. The molecule has 1 aliphatic rings. The van der Waals surface area contributed by atoms with Gasteiger partial charge in [-0.3, -0.25) is 4.79 Å². The fraction of sp³-hybridized carbons (Fsp3) is 0.647. The predicted molar refractivity (Wildman–Crippen MR) is 107 cm³/mol. The van der Waals surface area contributed by atoms with Crippen LogP contribution in [0.15, 0.2) is 17.5 Å². The number of nitrogens with zero attached hydrogens (tertiary/aromatic N) is 2. The summed E-state index contributed by atoms with van der Waals surface area (Å²) >= 11 is 1.39. The first-order chi connectivity index (χ1) is 13.8. The average Bonchev–Trinajstić information content (AvgIpc) is 3.19. The first-order valence-corrected chi connectivity index (χ1v) is 11.6. The average molecular weight is 474 g/mol. The van der Waals surface area contributed by atoms with Crippen LogP contribution in [0.5, 0.6) is 0 Å². The predicted octanol–water partition coefficient (Wildman–Crippen LogP) is 1.71. The van der Waals surface area contributed by atoms with Crippen LogP contribution in [0.2, 0.25) is 0 Å². The second-order valence-corrected chi connectivity index (χ2v) is 9.93. The van der Waals surface area contributed by atoms with Gasteiger partial charge in [-0.05, 0) is 17.4 Å². The van der Waals surface area contributed by atoms with Crippen molar-refractivity contribution in [2.24, 2.45) is 5.92 Å². The summed E-state index contributed by atoms with van der Waals surface area (Å²) in [6.45, 7) is 7.23. The van der Waals surface area contributed by atoms with Crippen LogP contribution in [0.25, 0.3) is 0 Å². The Morgan fingerprint density at radius 3 is 2.30 bits per heavy atom. The molecule has 172 valence electrons. The van der Waals surface area contributed by atoms with Gasteiger partial charge in [-0.1, -0.05) is 19.9 Å². The summed E-state index contributed by atoms with van der Waals surface area (Å²) in [5.41, 5.74) is 0. The van der Waals surface area contributed by atoms with E-state index in [-0.39, 0.29) is 18.2 Å². The number of carbonyl (C=O) groups is 2. The molecule has 1 amide bonds. The lowest BCUT2D eigenvalue weighted by molar-refractivity contribution is -0.192. The highest BCUT2D eigenvalue weighted by Crippen LogP contribution is 2.15. The molecule has 1 aromatic rings. The molecule has 0 spiro atoms. The Morgan fingerprint density at radius 1 is 1.30 bits per heavy atom. The number of hydrogen-bond acceptors (Lipinski definition) is 6. The number of carboxylic acids is 1. The highest BCUT2D eigenvalue weighted by molar-refractivity contribution is 7.89. The third-order valence-corrected chi connectivity index (χ3v) is 6.64. The van der Waals surface area contributed by atoms with Crippen molar-refractivity contribution >= 4 is 33.2 Å². The largest absolute Gasteiger partial charge is 0.490 e. The van der Waals surface area contributed by atoms with Gasteiger partial charge in [0.2, 0.25) is 10.0 Å². The number of rotatable bonds is 7. The maximum absolute atomic E-state index is 12.6. The van der Waals surface area contributed by atoms with Crippen LogP contribution in [-0.4, -0.2) is 85.8 Å². The van der Waals surface area contributed by atoms with Crippen LogP contribution in [0.1, 0.15) is 23.5 Å². The third-order valence-electron chi connectivity index (χ3n) is 3.94. The quantitative estimate of drug-likeness (QED) is 0.625. The first-order valence-electron chi connectivity index (χ1n) is 9.16. The van der Waals surface area contributed by atoms with Gasteiger partial charge >= 0.3 is 12.1 Å². The van der Waals surface area contributed by atoms with Crippen molar-refractivity contribution in [2.45, 2.75) is 20.0 Å². The second-order valence-electron chi connectivity index (χ2n) is 6.89. The SMILES string of the molecule is CC(C)CN(CCS(=O)(=O)N1CCNCC1)C(=O)c1cccs1.O=C(O)C(F)(F)F. The molecule has 0 bridgehead atoms. The van der Waals surface area contributed by atoms with E-state index >= 15 is 0 Å². The Morgan fingerprint density at radius 2 is 1.87 bits per heavy atom. The van der Waals surface area contributed by atoms with Crippen molar-refractivity contribution in [1.29, 1.82) is 0 Å². The van der Waals surface area contributed by atoms with Crippen LogP contribution in [0.4, 0.5) is 13.2 Å². The lowest BCUT2D eigenvalue weighted by Gasteiger charge is -2.29. The summed E-state index contributed by atoms with van der Waals surface area (Å²) in [7, 11) is -3.31. The minimum Gasteiger partial charge on any atom is -0.475 e. The highest BCUT2D eigenvalue weighted by atomic mass is 32.2. The van der Waals surface area contributed by atoms with Gasteiger partial charge in [0.15, 0.2) is 0 Å². The number of sulfonamides is 1. The van der Waals surface area contributed by atoms with Crippen molar-refractivity contribution in [3.8, 4) is 0 Å². The minimum absolute atomic E-state index is 0.0170. The summed E-state index contributed by atoms with van der Waals surface area (Å²) in [5, 5.41) is 12.1. The zero-order valence-electron chi connectivity index (χ0n) is 16.7. The molecule has 1 aliphatic heterocycles. The van der Waals surface area contributed by atoms with E-state index in [4.69, 9.17) is 9.90 Å². The molecule has 0 radical (unpaired) electrons. The Kier molecular flexibility index (Phi) is 10.2. The van der Waals surface area contributed by atoms with Gasteiger partial charge in [-0.2, -0.15) is 17.5 Å².